The van der Waals surface area contributed by atoms with E-state index >= 15 is 0 Å². The van der Waals surface area contributed by atoms with Crippen molar-refractivity contribution in [3.63, 3.8) is 0 Å². The van der Waals surface area contributed by atoms with E-state index in [4.69, 9.17) is 13.9 Å². The lowest BCUT2D eigenvalue weighted by molar-refractivity contribution is 0.0313. The molecule has 3 fully saturated rings. The molecule has 0 spiro atoms. The quantitative estimate of drug-likeness (QED) is 0.844. The van der Waals surface area contributed by atoms with Gasteiger partial charge in [-0.3, -0.25) is 14.6 Å². The second-order valence-corrected chi connectivity index (χ2v) is 7.12. The molecule has 3 saturated heterocycles. The maximum Gasteiger partial charge on any atom is 0.254 e. The van der Waals surface area contributed by atoms with Crippen LogP contribution in [0.15, 0.2) is 16.7 Å². The van der Waals surface area contributed by atoms with Gasteiger partial charge < -0.3 is 19.2 Å². The van der Waals surface area contributed by atoms with Crippen molar-refractivity contribution in [1.82, 2.24) is 15.1 Å². The summed E-state index contributed by atoms with van der Waals surface area (Å²) in [7, 11) is 0. The van der Waals surface area contributed by atoms with Crippen LogP contribution in [-0.4, -0.2) is 80.4 Å². The zero-order chi connectivity index (χ0) is 17.1. The summed E-state index contributed by atoms with van der Waals surface area (Å²) in [4.78, 5) is 17.3. The highest BCUT2D eigenvalue weighted by Gasteiger charge is 2.35. The van der Waals surface area contributed by atoms with Gasteiger partial charge in [0.25, 0.3) is 5.91 Å². The molecule has 0 aliphatic carbocycles. The van der Waals surface area contributed by atoms with Crippen molar-refractivity contribution in [2.24, 2.45) is 0 Å². The van der Waals surface area contributed by atoms with Gasteiger partial charge in [0.15, 0.2) is 0 Å². The number of carbonyl (C=O) groups excluding carboxylic acids is 1. The number of hydrogen-bond donors (Lipinski definition) is 1. The predicted molar refractivity (Wildman–Crippen MR) is 91.5 cm³/mol. The van der Waals surface area contributed by atoms with Crippen LogP contribution < -0.4 is 5.32 Å². The number of furan rings is 1. The fraction of sp³-hybridized carbons (Fsp3) is 0.722. The Balaban J connectivity index is 1.33. The van der Waals surface area contributed by atoms with Crippen molar-refractivity contribution < 1.29 is 18.7 Å². The summed E-state index contributed by atoms with van der Waals surface area (Å²) >= 11 is 0. The first-order chi connectivity index (χ1) is 12.3. The van der Waals surface area contributed by atoms with Crippen LogP contribution in [0.1, 0.15) is 29.0 Å². The summed E-state index contributed by atoms with van der Waals surface area (Å²) in [6, 6.07) is 2.21. The monoisotopic (exact) mass is 349 g/mol. The van der Waals surface area contributed by atoms with Crippen LogP contribution in [0.4, 0.5) is 0 Å². The van der Waals surface area contributed by atoms with Crippen molar-refractivity contribution in [2.75, 3.05) is 52.6 Å². The molecule has 1 amide bonds. The molecule has 1 aromatic heterocycles. The van der Waals surface area contributed by atoms with Crippen molar-refractivity contribution in [2.45, 2.75) is 31.5 Å². The molecule has 138 valence electrons. The second kappa shape index (κ2) is 7.86. The van der Waals surface area contributed by atoms with E-state index in [1.165, 1.54) is 12.8 Å². The van der Waals surface area contributed by atoms with Gasteiger partial charge in [-0.15, -0.1) is 0 Å². The summed E-state index contributed by atoms with van der Waals surface area (Å²) in [5.41, 5.74) is 0.593. The first-order valence-electron chi connectivity index (χ1n) is 9.30. The minimum atomic E-state index is -0.0725. The summed E-state index contributed by atoms with van der Waals surface area (Å²) < 4.78 is 16.6. The zero-order valence-corrected chi connectivity index (χ0v) is 14.6. The van der Waals surface area contributed by atoms with Gasteiger partial charge in [0, 0.05) is 13.1 Å². The van der Waals surface area contributed by atoms with E-state index in [1.807, 2.05) is 6.07 Å². The number of nitrogens with one attached hydrogen (secondary N) is 1. The molecule has 25 heavy (non-hydrogen) atoms. The SMILES string of the molecule is O=C(N[C@H]1COC[C@@H]1N1CCCC1)c1coc(CN2CCOCC2)c1. The highest BCUT2D eigenvalue weighted by molar-refractivity contribution is 5.94. The Bertz CT molecular complexity index is 579. The van der Waals surface area contributed by atoms with Gasteiger partial charge >= 0.3 is 0 Å². The zero-order valence-electron chi connectivity index (χ0n) is 14.6. The first-order valence-corrected chi connectivity index (χ1v) is 9.30. The van der Waals surface area contributed by atoms with E-state index in [-0.39, 0.29) is 11.9 Å². The fourth-order valence-corrected chi connectivity index (χ4v) is 3.93. The van der Waals surface area contributed by atoms with Gasteiger partial charge in [0.1, 0.15) is 12.0 Å². The average Bonchev–Trinajstić information content (AvgIpc) is 3.37. The molecule has 3 aliphatic rings. The fourth-order valence-electron chi connectivity index (χ4n) is 3.93. The number of rotatable bonds is 5. The standard InChI is InChI=1S/C18H27N3O4/c22-18(19-16-12-24-13-17(16)21-3-1-2-4-21)14-9-15(25-11-14)10-20-5-7-23-8-6-20/h9,11,16-17H,1-8,10,12-13H2,(H,19,22)/t16-,17-/m0/s1. The van der Waals surface area contributed by atoms with E-state index in [9.17, 15) is 4.79 Å². The van der Waals surface area contributed by atoms with Crippen LogP contribution >= 0.6 is 0 Å². The Kier molecular flexibility index (Phi) is 5.36. The summed E-state index contributed by atoms with van der Waals surface area (Å²) in [5, 5.41) is 3.14. The van der Waals surface area contributed by atoms with Gasteiger partial charge in [-0.05, 0) is 32.0 Å². The largest absolute Gasteiger partial charge is 0.467 e. The number of ether oxygens (including phenoxy) is 2. The summed E-state index contributed by atoms with van der Waals surface area (Å²) in [5.74, 6) is 0.752. The Hall–Kier alpha value is -1.41. The van der Waals surface area contributed by atoms with E-state index in [0.717, 1.165) is 51.7 Å². The minimum Gasteiger partial charge on any atom is -0.467 e. The van der Waals surface area contributed by atoms with Crippen LogP contribution in [0.2, 0.25) is 0 Å². The van der Waals surface area contributed by atoms with Crippen molar-refractivity contribution in [1.29, 1.82) is 0 Å². The lowest BCUT2D eigenvalue weighted by Gasteiger charge is -2.27. The Morgan fingerprint density at radius 2 is 1.92 bits per heavy atom. The highest BCUT2D eigenvalue weighted by atomic mass is 16.5. The number of carbonyl (C=O) groups is 1. The number of morpholine rings is 1. The van der Waals surface area contributed by atoms with Crippen molar-refractivity contribution in [3.8, 4) is 0 Å². The van der Waals surface area contributed by atoms with E-state index in [1.54, 1.807) is 6.26 Å². The molecule has 0 saturated carbocycles. The van der Waals surface area contributed by atoms with E-state index in [2.05, 4.69) is 15.1 Å². The number of hydrogen-bond acceptors (Lipinski definition) is 6. The molecule has 0 bridgehead atoms. The van der Waals surface area contributed by atoms with Gasteiger partial charge in [0.05, 0.1) is 50.6 Å². The molecule has 2 atom stereocenters. The van der Waals surface area contributed by atoms with E-state index in [0.29, 0.717) is 24.8 Å². The molecule has 1 N–H and O–H groups in total. The summed E-state index contributed by atoms with van der Waals surface area (Å²) in [6.45, 7) is 7.55. The molecular weight excluding hydrogens is 322 g/mol. The lowest BCUT2D eigenvalue weighted by atomic mass is 10.1. The Morgan fingerprint density at radius 1 is 1.12 bits per heavy atom. The maximum absolute atomic E-state index is 12.6. The molecule has 0 radical (unpaired) electrons. The normalized spacial score (nSPS) is 28.5. The van der Waals surface area contributed by atoms with Gasteiger partial charge in [-0.2, -0.15) is 0 Å². The maximum atomic E-state index is 12.6. The average molecular weight is 349 g/mol. The van der Waals surface area contributed by atoms with Crippen LogP contribution in [0, 0.1) is 0 Å². The molecule has 1 aromatic rings. The van der Waals surface area contributed by atoms with Crippen LogP contribution in [0.5, 0.6) is 0 Å². The third-order valence-corrected chi connectivity index (χ3v) is 5.38. The number of amides is 1. The van der Waals surface area contributed by atoms with Gasteiger partial charge in [-0.1, -0.05) is 0 Å². The van der Waals surface area contributed by atoms with Crippen LogP contribution in [0.25, 0.3) is 0 Å². The molecular formula is C18H27N3O4. The van der Waals surface area contributed by atoms with E-state index < -0.39 is 0 Å². The van der Waals surface area contributed by atoms with Gasteiger partial charge in [-0.25, -0.2) is 0 Å². The Labute approximate surface area is 148 Å². The predicted octanol–water partition coefficient (Wildman–Crippen LogP) is 0.705. The second-order valence-electron chi connectivity index (χ2n) is 7.12. The molecule has 7 nitrogen and oxygen atoms in total. The number of likely N-dealkylation sites (tertiary alicyclic amines) is 1. The molecule has 0 unspecified atom stereocenters. The minimum absolute atomic E-state index is 0.0585. The smallest absolute Gasteiger partial charge is 0.254 e. The topological polar surface area (TPSA) is 67.2 Å². The first kappa shape index (κ1) is 17.0. The highest BCUT2D eigenvalue weighted by Crippen LogP contribution is 2.20. The molecule has 3 aliphatic heterocycles. The number of nitrogens with zero attached hydrogens (tertiary/aromatic N) is 2. The lowest BCUT2D eigenvalue weighted by Crippen LogP contribution is -2.50. The van der Waals surface area contributed by atoms with Crippen LogP contribution in [0.3, 0.4) is 0 Å². The van der Waals surface area contributed by atoms with Crippen molar-refractivity contribution >= 4 is 5.91 Å². The molecule has 7 heteroatoms. The third kappa shape index (κ3) is 4.06. The van der Waals surface area contributed by atoms with Gasteiger partial charge in [0.2, 0.25) is 0 Å². The Morgan fingerprint density at radius 3 is 2.72 bits per heavy atom. The molecule has 4 rings (SSSR count). The third-order valence-electron chi connectivity index (χ3n) is 5.38. The van der Waals surface area contributed by atoms with Crippen molar-refractivity contribution in [3.05, 3.63) is 23.7 Å². The molecule has 0 aromatic carbocycles. The molecule has 4 heterocycles. The van der Waals surface area contributed by atoms with Crippen LogP contribution in [-0.2, 0) is 16.0 Å². The summed E-state index contributed by atoms with van der Waals surface area (Å²) in [6.07, 6.45) is 4.04.